The molecule has 4 heteroatoms. The van der Waals surface area contributed by atoms with Crippen LogP contribution in [0.15, 0.2) is 0 Å². The molecule has 1 heterocycles. The number of amides is 1. The molecule has 1 amide bonds. The third-order valence-corrected chi connectivity index (χ3v) is 5.40. The lowest BCUT2D eigenvalue weighted by Gasteiger charge is -2.32. The molecule has 0 aliphatic carbocycles. The molecule has 0 N–H and O–H groups in total. The predicted molar refractivity (Wildman–Crippen MR) is 80.1 cm³/mol. The minimum absolute atomic E-state index is 0.731. The van der Waals surface area contributed by atoms with Crippen molar-refractivity contribution < 1.29 is 4.79 Å². The van der Waals surface area contributed by atoms with Crippen molar-refractivity contribution in [2.24, 2.45) is 5.92 Å². The Kier molecular flexibility index (Phi) is 7.75. The van der Waals surface area contributed by atoms with Gasteiger partial charge in [-0.05, 0) is 31.8 Å². The van der Waals surface area contributed by atoms with Crippen LogP contribution in [0.4, 0.5) is 0 Å². The molecule has 1 fully saturated rings. The molecule has 0 spiro atoms. The Balaban J connectivity index is 2.17. The van der Waals surface area contributed by atoms with Gasteiger partial charge in [0.15, 0.2) is 0 Å². The van der Waals surface area contributed by atoms with Crippen LogP contribution in [0.25, 0.3) is 0 Å². The van der Waals surface area contributed by atoms with Gasteiger partial charge in [0, 0.05) is 30.6 Å². The normalized spacial score (nSPS) is 19.2. The van der Waals surface area contributed by atoms with Crippen molar-refractivity contribution in [3.8, 4) is 0 Å². The van der Waals surface area contributed by atoms with Crippen molar-refractivity contribution in [3.05, 3.63) is 0 Å². The smallest absolute Gasteiger partial charge is 0.209 e. The summed E-state index contributed by atoms with van der Waals surface area (Å²) in [5.74, 6) is 2.03. The van der Waals surface area contributed by atoms with Crippen molar-refractivity contribution in [3.63, 3.8) is 0 Å². The zero-order chi connectivity index (χ0) is 13.4. The second kappa shape index (κ2) is 8.81. The molecule has 18 heavy (non-hydrogen) atoms. The first-order chi connectivity index (χ1) is 8.71. The van der Waals surface area contributed by atoms with E-state index in [1.807, 2.05) is 4.90 Å². The van der Waals surface area contributed by atoms with Gasteiger partial charge in [-0.1, -0.05) is 20.8 Å². The summed E-state index contributed by atoms with van der Waals surface area (Å²) in [4.78, 5) is 15.1. The largest absolute Gasteiger partial charge is 0.345 e. The quantitative estimate of drug-likeness (QED) is 0.634. The maximum absolute atomic E-state index is 10.7. The van der Waals surface area contributed by atoms with E-state index >= 15 is 0 Å². The van der Waals surface area contributed by atoms with Gasteiger partial charge < -0.3 is 9.80 Å². The lowest BCUT2D eigenvalue weighted by atomic mass is 9.94. The molecule has 1 aliphatic rings. The van der Waals surface area contributed by atoms with Gasteiger partial charge in [0.05, 0.1) is 0 Å². The monoisotopic (exact) mass is 272 g/mol. The first-order valence-corrected chi connectivity index (χ1v) is 8.29. The van der Waals surface area contributed by atoms with Crippen LogP contribution in [-0.4, -0.2) is 59.9 Å². The molecule has 0 aromatic rings. The first kappa shape index (κ1) is 15.8. The maximum Gasteiger partial charge on any atom is 0.209 e. The van der Waals surface area contributed by atoms with Crippen molar-refractivity contribution >= 4 is 18.2 Å². The Morgan fingerprint density at radius 1 is 1.33 bits per heavy atom. The third kappa shape index (κ3) is 5.19. The second-order valence-corrected chi connectivity index (χ2v) is 6.57. The van der Waals surface area contributed by atoms with Gasteiger partial charge in [0.1, 0.15) is 0 Å². The van der Waals surface area contributed by atoms with Crippen LogP contribution in [0.1, 0.15) is 33.6 Å². The number of likely N-dealkylation sites (tertiary alicyclic amines) is 1. The highest BCUT2D eigenvalue weighted by molar-refractivity contribution is 7.99. The van der Waals surface area contributed by atoms with E-state index in [0.717, 1.165) is 43.8 Å². The zero-order valence-electron chi connectivity index (χ0n) is 12.1. The fourth-order valence-electron chi connectivity index (χ4n) is 2.54. The van der Waals surface area contributed by atoms with Gasteiger partial charge in [-0.25, -0.2) is 0 Å². The number of hydrogen-bond donors (Lipinski definition) is 0. The molecule has 106 valence electrons. The fraction of sp³-hybridized carbons (Fsp3) is 0.929. The minimum Gasteiger partial charge on any atom is -0.345 e. The fourth-order valence-corrected chi connectivity index (χ4v) is 3.82. The van der Waals surface area contributed by atoms with Gasteiger partial charge in [-0.15, -0.1) is 0 Å². The number of piperidine rings is 1. The van der Waals surface area contributed by atoms with Crippen LogP contribution < -0.4 is 0 Å². The Morgan fingerprint density at radius 3 is 2.44 bits per heavy atom. The first-order valence-electron chi connectivity index (χ1n) is 7.24. The molecule has 0 aromatic heterocycles. The molecular weight excluding hydrogens is 244 g/mol. The molecule has 1 saturated heterocycles. The molecule has 3 nitrogen and oxygen atoms in total. The van der Waals surface area contributed by atoms with E-state index in [1.54, 1.807) is 0 Å². The third-order valence-electron chi connectivity index (χ3n) is 4.07. The summed E-state index contributed by atoms with van der Waals surface area (Å²) in [5.41, 5.74) is 0. The van der Waals surface area contributed by atoms with E-state index in [0.29, 0.717) is 0 Å². The van der Waals surface area contributed by atoms with Gasteiger partial charge in [-0.3, -0.25) is 4.79 Å². The van der Waals surface area contributed by atoms with Gasteiger partial charge in [0.2, 0.25) is 6.41 Å². The average molecular weight is 272 g/mol. The van der Waals surface area contributed by atoms with Gasteiger partial charge in [-0.2, -0.15) is 11.8 Å². The molecule has 0 bridgehead atoms. The summed E-state index contributed by atoms with van der Waals surface area (Å²) < 4.78 is 0. The van der Waals surface area contributed by atoms with Crippen molar-refractivity contribution in [2.45, 2.75) is 38.9 Å². The van der Waals surface area contributed by atoms with E-state index in [2.05, 4.69) is 37.4 Å². The van der Waals surface area contributed by atoms with E-state index in [1.165, 1.54) is 25.1 Å². The molecule has 0 saturated carbocycles. The molecule has 1 aliphatic heterocycles. The van der Waals surface area contributed by atoms with Crippen molar-refractivity contribution in [2.75, 3.05) is 38.5 Å². The van der Waals surface area contributed by atoms with Crippen LogP contribution in [0.5, 0.6) is 0 Å². The average Bonchev–Trinajstić information content (AvgIpc) is 2.43. The number of hydrogen-bond acceptors (Lipinski definition) is 3. The van der Waals surface area contributed by atoms with Crippen LogP contribution >= 0.6 is 11.8 Å². The standard InChI is InChI=1S/C14H28N2OS/c1-4-15(5-2)10-11-18-13(3)14-6-8-16(12-17)9-7-14/h12-14H,4-11H2,1-3H3. The summed E-state index contributed by atoms with van der Waals surface area (Å²) in [6.07, 6.45) is 3.35. The van der Waals surface area contributed by atoms with Gasteiger partial charge in [0.25, 0.3) is 0 Å². The van der Waals surface area contributed by atoms with Crippen LogP contribution in [0.2, 0.25) is 0 Å². The second-order valence-electron chi connectivity index (χ2n) is 5.08. The molecule has 1 atom stereocenters. The number of thioether (sulfide) groups is 1. The molecule has 0 aromatic carbocycles. The topological polar surface area (TPSA) is 23.6 Å². The molecule has 1 rings (SSSR count). The number of nitrogens with zero attached hydrogens (tertiary/aromatic N) is 2. The zero-order valence-corrected chi connectivity index (χ0v) is 12.9. The highest BCUT2D eigenvalue weighted by atomic mass is 32.2. The Morgan fingerprint density at radius 2 is 1.94 bits per heavy atom. The summed E-state index contributed by atoms with van der Waals surface area (Å²) >= 11 is 2.10. The lowest BCUT2D eigenvalue weighted by Crippen LogP contribution is -2.35. The highest BCUT2D eigenvalue weighted by Gasteiger charge is 2.23. The van der Waals surface area contributed by atoms with Gasteiger partial charge >= 0.3 is 0 Å². The predicted octanol–water partition coefficient (Wildman–Crippen LogP) is 2.32. The number of carbonyl (C=O) groups is 1. The summed E-state index contributed by atoms with van der Waals surface area (Å²) in [7, 11) is 0. The minimum atomic E-state index is 0.731. The van der Waals surface area contributed by atoms with E-state index in [-0.39, 0.29) is 0 Å². The van der Waals surface area contributed by atoms with Crippen LogP contribution in [0.3, 0.4) is 0 Å². The lowest BCUT2D eigenvalue weighted by molar-refractivity contribution is -0.119. The van der Waals surface area contributed by atoms with E-state index in [4.69, 9.17) is 0 Å². The maximum atomic E-state index is 10.7. The summed E-state index contributed by atoms with van der Waals surface area (Å²) in [6, 6.07) is 0. The Labute approximate surface area is 116 Å². The highest BCUT2D eigenvalue weighted by Crippen LogP contribution is 2.28. The Hall–Kier alpha value is -0.220. The van der Waals surface area contributed by atoms with E-state index < -0.39 is 0 Å². The molecule has 1 unspecified atom stereocenters. The van der Waals surface area contributed by atoms with Crippen molar-refractivity contribution in [1.82, 2.24) is 9.80 Å². The molecular formula is C14H28N2OS. The SMILES string of the molecule is CCN(CC)CCSC(C)C1CCN(C=O)CC1. The summed E-state index contributed by atoms with van der Waals surface area (Å²) in [5, 5.41) is 0.731. The van der Waals surface area contributed by atoms with E-state index in [9.17, 15) is 4.79 Å². The van der Waals surface area contributed by atoms with Crippen LogP contribution in [-0.2, 0) is 4.79 Å². The molecule has 0 radical (unpaired) electrons. The van der Waals surface area contributed by atoms with Crippen LogP contribution in [0, 0.1) is 5.92 Å². The number of carbonyl (C=O) groups excluding carboxylic acids is 1. The van der Waals surface area contributed by atoms with Crippen molar-refractivity contribution in [1.29, 1.82) is 0 Å². The number of rotatable bonds is 8. The Bertz CT molecular complexity index is 226. The summed E-state index contributed by atoms with van der Waals surface area (Å²) in [6.45, 7) is 12.2.